The quantitative estimate of drug-likeness (QED) is 0.674. The van der Waals surface area contributed by atoms with Crippen molar-refractivity contribution in [3.05, 3.63) is 46.0 Å². The van der Waals surface area contributed by atoms with Crippen LogP contribution in [0.1, 0.15) is 40.3 Å². The molecule has 0 fully saturated rings. The summed E-state index contributed by atoms with van der Waals surface area (Å²) in [6.45, 7) is 5.43. The summed E-state index contributed by atoms with van der Waals surface area (Å²) in [5.74, 6) is 0.672. The molecule has 0 amide bonds. The number of aliphatic hydroxyl groups excluding tert-OH is 1. The van der Waals surface area contributed by atoms with Gasteiger partial charge in [-0.15, -0.1) is 0 Å². The number of ether oxygens (including phenoxy) is 1. The van der Waals surface area contributed by atoms with Crippen LogP contribution >= 0.6 is 0 Å². The van der Waals surface area contributed by atoms with Gasteiger partial charge < -0.3 is 25.2 Å². The highest BCUT2D eigenvalue weighted by atomic mass is 16.5. The number of aromatic hydroxyl groups is 3. The van der Waals surface area contributed by atoms with E-state index >= 15 is 0 Å². The van der Waals surface area contributed by atoms with Crippen LogP contribution in [0.3, 0.4) is 0 Å². The van der Waals surface area contributed by atoms with Crippen molar-refractivity contribution in [3.63, 3.8) is 0 Å². The van der Waals surface area contributed by atoms with Gasteiger partial charge in [0.2, 0.25) is 0 Å². The van der Waals surface area contributed by atoms with Gasteiger partial charge in [-0.05, 0) is 56.9 Å². The highest BCUT2D eigenvalue weighted by Gasteiger charge is 2.23. The van der Waals surface area contributed by atoms with Crippen molar-refractivity contribution in [1.29, 1.82) is 0 Å². The third-order valence-corrected chi connectivity index (χ3v) is 4.59. The summed E-state index contributed by atoms with van der Waals surface area (Å²) in [6, 6.07) is 4.53. The van der Waals surface area contributed by atoms with E-state index in [-0.39, 0.29) is 30.1 Å². The standard InChI is InChI=1S/C19H24O5/c1-10-11(2)19(24-4)12(3)17(18(10)23)16(22)9-8-13-14(20)6-5-7-15(13)21/h5-7,16,20-23H,8-9H2,1-4H3. The molecule has 5 heteroatoms. The second kappa shape index (κ2) is 7.01. The molecule has 0 spiro atoms. The van der Waals surface area contributed by atoms with Crippen LogP contribution in [0.2, 0.25) is 0 Å². The fraction of sp³-hybridized carbons (Fsp3) is 0.368. The Balaban J connectivity index is 2.34. The zero-order valence-electron chi connectivity index (χ0n) is 14.4. The lowest BCUT2D eigenvalue weighted by Crippen LogP contribution is -2.07. The van der Waals surface area contributed by atoms with Gasteiger partial charge in [-0.1, -0.05) is 6.07 Å². The molecule has 0 aromatic heterocycles. The van der Waals surface area contributed by atoms with Crippen molar-refractivity contribution >= 4 is 0 Å². The minimum absolute atomic E-state index is 0.0131. The number of phenolic OH excluding ortho intramolecular Hbond substituents is 3. The van der Waals surface area contributed by atoms with Crippen molar-refractivity contribution < 1.29 is 25.2 Å². The molecule has 130 valence electrons. The van der Waals surface area contributed by atoms with Crippen LogP contribution in [0, 0.1) is 20.8 Å². The molecule has 1 unspecified atom stereocenters. The van der Waals surface area contributed by atoms with E-state index in [0.717, 1.165) is 5.56 Å². The zero-order chi connectivity index (χ0) is 18.0. The molecule has 0 aliphatic heterocycles. The fourth-order valence-electron chi connectivity index (χ4n) is 3.09. The Labute approximate surface area is 141 Å². The summed E-state index contributed by atoms with van der Waals surface area (Å²) < 4.78 is 5.40. The first kappa shape index (κ1) is 17.9. The summed E-state index contributed by atoms with van der Waals surface area (Å²) in [6.07, 6.45) is -0.434. The van der Waals surface area contributed by atoms with Gasteiger partial charge >= 0.3 is 0 Å². The van der Waals surface area contributed by atoms with Gasteiger partial charge in [0.25, 0.3) is 0 Å². The number of rotatable bonds is 5. The van der Waals surface area contributed by atoms with Crippen LogP contribution in [-0.2, 0) is 6.42 Å². The number of methoxy groups -OCH3 is 1. The van der Waals surface area contributed by atoms with E-state index in [1.54, 1.807) is 27.0 Å². The average molecular weight is 332 g/mol. The summed E-state index contributed by atoms with van der Waals surface area (Å²) in [5, 5.41) is 40.7. The molecular weight excluding hydrogens is 308 g/mol. The SMILES string of the molecule is COc1c(C)c(C)c(O)c(C(O)CCc2c(O)cccc2O)c1C. The van der Waals surface area contributed by atoms with Crippen LogP contribution in [0.5, 0.6) is 23.0 Å². The lowest BCUT2D eigenvalue weighted by Gasteiger charge is -2.22. The zero-order valence-corrected chi connectivity index (χ0v) is 14.4. The maximum Gasteiger partial charge on any atom is 0.125 e. The first-order valence-corrected chi connectivity index (χ1v) is 7.84. The lowest BCUT2D eigenvalue weighted by atomic mass is 9.91. The topological polar surface area (TPSA) is 90.2 Å². The Morgan fingerprint density at radius 3 is 2.08 bits per heavy atom. The molecule has 5 nitrogen and oxygen atoms in total. The Morgan fingerprint density at radius 2 is 1.54 bits per heavy atom. The first-order chi connectivity index (χ1) is 11.3. The van der Waals surface area contributed by atoms with Crippen LogP contribution in [0.15, 0.2) is 18.2 Å². The number of benzene rings is 2. The highest BCUT2D eigenvalue weighted by Crippen LogP contribution is 2.41. The predicted molar refractivity (Wildman–Crippen MR) is 91.9 cm³/mol. The summed E-state index contributed by atoms with van der Waals surface area (Å²) in [4.78, 5) is 0. The van der Waals surface area contributed by atoms with Gasteiger partial charge in [-0.25, -0.2) is 0 Å². The van der Waals surface area contributed by atoms with E-state index < -0.39 is 6.10 Å². The van der Waals surface area contributed by atoms with Gasteiger partial charge in [0, 0.05) is 16.7 Å². The summed E-state index contributed by atoms with van der Waals surface area (Å²) in [5.41, 5.74) is 2.99. The largest absolute Gasteiger partial charge is 0.508 e. The third-order valence-electron chi connectivity index (χ3n) is 4.59. The van der Waals surface area contributed by atoms with E-state index in [0.29, 0.717) is 28.0 Å². The Kier molecular flexibility index (Phi) is 5.24. The van der Waals surface area contributed by atoms with Crippen molar-refractivity contribution in [2.45, 2.75) is 39.7 Å². The van der Waals surface area contributed by atoms with Gasteiger partial charge in [-0.3, -0.25) is 0 Å². The minimum Gasteiger partial charge on any atom is -0.508 e. The average Bonchev–Trinajstić information content (AvgIpc) is 2.53. The molecule has 0 heterocycles. The van der Waals surface area contributed by atoms with Crippen molar-refractivity contribution in [3.8, 4) is 23.0 Å². The number of aliphatic hydroxyl groups is 1. The predicted octanol–water partition coefficient (Wildman–Crippen LogP) is 3.40. The number of phenols is 3. The lowest BCUT2D eigenvalue weighted by molar-refractivity contribution is 0.162. The molecular formula is C19H24O5. The molecule has 0 saturated heterocycles. The molecule has 1 atom stereocenters. The minimum atomic E-state index is -0.947. The monoisotopic (exact) mass is 332 g/mol. The number of hydrogen-bond donors (Lipinski definition) is 4. The number of hydrogen-bond acceptors (Lipinski definition) is 5. The molecule has 24 heavy (non-hydrogen) atoms. The van der Waals surface area contributed by atoms with E-state index in [1.165, 1.54) is 12.1 Å². The molecule has 2 rings (SSSR count). The van der Waals surface area contributed by atoms with Gasteiger partial charge in [0.05, 0.1) is 13.2 Å². The van der Waals surface area contributed by atoms with E-state index in [4.69, 9.17) is 4.74 Å². The molecule has 0 aliphatic rings. The molecule has 0 aliphatic carbocycles. The third kappa shape index (κ3) is 3.12. The Hall–Kier alpha value is -2.40. The molecule has 2 aromatic carbocycles. The van der Waals surface area contributed by atoms with Gasteiger partial charge in [-0.2, -0.15) is 0 Å². The summed E-state index contributed by atoms with van der Waals surface area (Å²) in [7, 11) is 1.56. The second-order valence-corrected chi connectivity index (χ2v) is 6.00. The van der Waals surface area contributed by atoms with Gasteiger partial charge in [0.1, 0.15) is 23.0 Å². The van der Waals surface area contributed by atoms with Crippen LogP contribution in [0.4, 0.5) is 0 Å². The molecule has 0 radical (unpaired) electrons. The summed E-state index contributed by atoms with van der Waals surface area (Å²) >= 11 is 0. The van der Waals surface area contributed by atoms with Crippen molar-refractivity contribution in [2.24, 2.45) is 0 Å². The fourth-order valence-corrected chi connectivity index (χ4v) is 3.09. The highest BCUT2D eigenvalue weighted by molar-refractivity contribution is 5.58. The van der Waals surface area contributed by atoms with E-state index in [2.05, 4.69) is 0 Å². The Morgan fingerprint density at radius 1 is 0.958 bits per heavy atom. The smallest absolute Gasteiger partial charge is 0.125 e. The molecule has 0 saturated carbocycles. The Bertz CT molecular complexity index is 732. The normalized spacial score (nSPS) is 12.2. The van der Waals surface area contributed by atoms with Crippen LogP contribution in [0.25, 0.3) is 0 Å². The molecule has 0 bridgehead atoms. The van der Waals surface area contributed by atoms with Gasteiger partial charge in [0.15, 0.2) is 0 Å². The van der Waals surface area contributed by atoms with E-state index in [9.17, 15) is 20.4 Å². The first-order valence-electron chi connectivity index (χ1n) is 7.84. The van der Waals surface area contributed by atoms with Crippen molar-refractivity contribution in [2.75, 3.05) is 7.11 Å². The maximum atomic E-state index is 10.6. The molecule has 2 aromatic rings. The van der Waals surface area contributed by atoms with Crippen LogP contribution < -0.4 is 4.74 Å². The molecule has 4 N–H and O–H groups in total. The maximum absolute atomic E-state index is 10.6. The van der Waals surface area contributed by atoms with Crippen molar-refractivity contribution in [1.82, 2.24) is 0 Å². The van der Waals surface area contributed by atoms with Crippen LogP contribution in [-0.4, -0.2) is 27.5 Å². The van der Waals surface area contributed by atoms with E-state index in [1.807, 2.05) is 6.92 Å². The second-order valence-electron chi connectivity index (χ2n) is 6.00.